The third-order valence-corrected chi connectivity index (χ3v) is 4.43. The molecule has 1 aliphatic carbocycles. The normalized spacial score (nSPS) is 22.6. The lowest BCUT2D eigenvalue weighted by molar-refractivity contribution is 0.0619. The molecule has 110 valence electrons. The maximum Gasteiger partial charge on any atom is 0.254 e. The standard InChI is InChI=1S/C16H24N2O2/c1-11-9-13(19)7-8-14(11)16(20)18(2)15-6-4-3-5-12(15)10-17/h7-9,12,15,19H,3-6,10,17H2,1-2H3. The average molecular weight is 276 g/mol. The Balaban J connectivity index is 2.18. The van der Waals surface area contributed by atoms with Crippen molar-refractivity contribution in [2.45, 2.75) is 38.6 Å². The molecule has 0 saturated heterocycles. The number of aryl methyl sites for hydroxylation is 1. The average Bonchev–Trinajstić information content (AvgIpc) is 2.45. The molecule has 0 aromatic heterocycles. The number of benzene rings is 1. The summed E-state index contributed by atoms with van der Waals surface area (Å²) < 4.78 is 0. The van der Waals surface area contributed by atoms with Gasteiger partial charge in [0.2, 0.25) is 0 Å². The highest BCUT2D eigenvalue weighted by Gasteiger charge is 2.30. The van der Waals surface area contributed by atoms with E-state index in [0.717, 1.165) is 24.8 Å². The first-order valence-electron chi connectivity index (χ1n) is 7.31. The van der Waals surface area contributed by atoms with Gasteiger partial charge in [-0.2, -0.15) is 0 Å². The van der Waals surface area contributed by atoms with Crippen LogP contribution in [-0.2, 0) is 0 Å². The summed E-state index contributed by atoms with van der Waals surface area (Å²) in [7, 11) is 1.87. The van der Waals surface area contributed by atoms with Crippen LogP contribution >= 0.6 is 0 Å². The van der Waals surface area contributed by atoms with E-state index in [9.17, 15) is 9.90 Å². The van der Waals surface area contributed by atoms with Gasteiger partial charge in [-0.15, -0.1) is 0 Å². The minimum atomic E-state index is 0.0212. The Kier molecular flexibility index (Phi) is 4.65. The van der Waals surface area contributed by atoms with Crippen LogP contribution in [0.4, 0.5) is 0 Å². The summed E-state index contributed by atoms with van der Waals surface area (Å²) in [5, 5.41) is 9.45. The van der Waals surface area contributed by atoms with Crippen LogP contribution in [0.25, 0.3) is 0 Å². The Labute approximate surface area is 120 Å². The topological polar surface area (TPSA) is 66.6 Å². The third kappa shape index (κ3) is 2.96. The van der Waals surface area contributed by atoms with Gasteiger partial charge in [-0.1, -0.05) is 12.8 Å². The molecule has 2 rings (SSSR count). The zero-order valence-electron chi connectivity index (χ0n) is 12.3. The van der Waals surface area contributed by atoms with Gasteiger partial charge in [-0.05, 0) is 56.0 Å². The highest BCUT2D eigenvalue weighted by molar-refractivity contribution is 5.95. The lowest BCUT2D eigenvalue weighted by Gasteiger charge is -2.37. The van der Waals surface area contributed by atoms with Crippen LogP contribution in [0.1, 0.15) is 41.6 Å². The summed E-state index contributed by atoms with van der Waals surface area (Å²) >= 11 is 0. The van der Waals surface area contributed by atoms with Crippen LogP contribution in [-0.4, -0.2) is 35.5 Å². The number of nitrogens with zero attached hydrogens (tertiary/aromatic N) is 1. The van der Waals surface area contributed by atoms with Gasteiger partial charge in [0, 0.05) is 18.7 Å². The number of phenols is 1. The SMILES string of the molecule is Cc1cc(O)ccc1C(=O)N(C)C1CCCCC1CN. The van der Waals surface area contributed by atoms with Gasteiger partial charge >= 0.3 is 0 Å². The monoisotopic (exact) mass is 276 g/mol. The smallest absolute Gasteiger partial charge is 0.254 e. The van der Waals surface area contributed by atoms with Crippen molar-refractivity contribution in [1.82, 2.24) is 4.90 Å². The van der Waals surface area contributed by atoms with Crippen LogP contribution in [0, 0.1) is 12.8 Å². The molecular formula is C16H24N2O2. The summed E-state index contributed by atoms with van der Waals surface area (Å²) in [6.45, 7) is 2.49. The summed E-state index contributed by atoms with van der Waals surface area (Å²) in [6, 6.07) is 5.12. The van der Waals surface area contributed by atoms with Gasteiger partial charge in [0.05, 0.1) is 0 Å². The van der Waals surface area contributed by atoms with E-state index in [4.69, 9.17) is 5.73 Å². The van der Waals surface area contributed by atoms with Gasteiger partial charge in [0.15, 0.2) is 0 Å². The molecule has 1 aromatic rings. The lowest BCUT2D eigenvalue weighted by Crippen LogP contribution is -2.46. The molecule has 1 amide bonds. The minimum Gasteiger partial charge on any atom is -0.508 e. The molecule has 4 heteroatoms. The molecule has 1 aromatic carbocycles. The van der Waals surface area contributed by atoms with Gasteiger partial charge in [-0.25, -0.2) is 0 Å². The number of amides is 1. The maximum atomic E-state index is 12.6. The number of rotatable bonds is 3. The molecular weight excluding hydrogens is 252 g/mol. The number of nitrogens with two attached hydrogens (primary N) is 1. The van der Waals surface area contributed by atoms with Crippen LogP contribution in [0.15, 0.2) is 18.2 Å². The largest absolute Gasteiger partial charge is 0.508 e. The second-order valence-electron chi connectivity index (χ2n) is 5.76. The van der Waals surface area contributed by atoms with Gasteiger partial charge in [0.25, 0.3) is 5.91 Å². The Morgan fingerprint density at radius 2 is 2.10 bits per heavy atom. The zero-order chi connectivity index (χ0) is 14.7. The second-order valence-corrected chi connectivity index (χ2v) is 5.76. The number of carbonyl (C=O) groups excluding carboxylic acids is 1. The van der Waals surface area contributed by atoms with E-state index in [1.54, 1.807) is 18.2 Å². The Morgan fingerprint density at radius 3 is 2.75 bits per heavy atom. The minimum absolute atomic E-state index is 0.0212. The first-order chi connectivity index (χ1) is 9.54. The molecule has 1 fully saturated rings. The number of carbonyl (C=O) groups is 1. The van der Waals surface area contributed by atoms with E-state index in [2.05, 4.69) is 0 Å². The van der Waals surface area contributed by atoms with Crippen molar-refractivity contribution in [3.63, 3.8) is 0 Å². The molecule has 0 heterocycles. The van der Waals surface area contributed by atoms with Crippen LogP contribution in [0.3, 0.4) is 0 Å². The predicted octanol–water partition coefficient (Wildman–Crippen LogP) is 2.29. The van der Waals surface area contributed by atoms with Crippen LogP contribution < -0.4 is 5.73 Å². The summed E-state index contributed by atoms with van der Waals surface area (Å²) in [5.74, 6) is 0.613. The second kappa shape index (κ2) is 6.27. The summed E-state index contributed by atoms with van der Waals surface area (Å²) in [6.07, 6.45) is 4.50. The van der Waals surface area contributed by atoms with Crippen LogP contribution in [0.5, 0.6) is 5.75 Å². The van der Waals surface area contributed by atoms with E-state index in [1.807, 2.05) is 18.9 Å². The van der Waals surface area contributed by atoms with E-state index < -0.39 is 0 Å². The number of aromatic hydroxyl groups is 1. The predicted molar refractivity (Wildman–Crippen MR) is 79.7 cm³/mol. The van der Waals surface area contributed by atoms with Crippen LogP contribution in [0.2, 0.25) is 0 Å². The molecule has 2 atom stereocenters. The molecule has 0 radical (unpaired) electrons. The molecule has 20 heavy (non-hydrogen) atoms. The fraction of sp³-hybridized carbons (Fsp3) is 0.562. The van der Waals surface area contributed by atoms with Crippen molar-refractivity contribution in [2.75, 3.05) is 13.6 Å². The first-order valence-corrected chi connectivity index (χ1v) is 7.31. The van der Waals surface area contributed by atoms with E-state index in [-0.39, 0.29) is 17.7 Å². The Morgan fingerprint density at radius 1 is 1.40 bits per heavy atom. The first kappa shape index (κ1) is 14.9. The lowest BCUT2D eigenvalue weighted by atomic mass is 9.83. The van der Waals surface area contributed by atoms with Gasteiger partial charge in [-0.3, -0.25) is 4.79 Å². The number of hydrogen-bond acceptors (Lipinski definition) is 3. The fourth-order valence-corrected chi connectivity index (χ4v) is 3.20. The van der Waals surface area contributed by atoms with Gasteiger partial charge < -0.3 is 15.7 Å². The molecule has 0 aliphatic heterocycles. The van der Waals surface area contributed by atoms with Crippen molar-refractivity contribution in [3.8, 4) is 5.75 Å². The van der Waals surface area contributed by atoms with E-state index >= 15 is 0 Å². The van der Waals surface area contributed by atoms with Crippen molar-refractivity contribution in [2.24, 2.45) is 11.7 Å². The highest BCUT2D eigenvalue weighted by atomic mass is 16.3. The van der Waals surface area contributed by atoms with E-state index in [1.165, 1.54) is 6.42 Å². The zero-order valence-corrected chi connectivity index (χ0v) is 12.3. The molecule has 1 aliphatic rings. The molecule has 0 bridgehead atoms. The number of hydrogen-bond donors (Lipinski definition) is 2. The molecule has 3 N–H and O–H groups in total. The summed E-state index contributed by atoms with van der Waals surface area (Å²) in [4.78, 5) is 14.5. The Bertz CT molecular complexity index is 487. The van der Waals surface area contributed by atoms with E-state index in [0.29, 0.717) is 18.0 Å². The molecule has 2 unspecified atom stereocenters. The van der Waals surface area contributed by atoms with Crippen molar-refractivity contribution in [3.05, 3.63) is 29.3 Å². The van der Waals surface area contributed by atoms with Gasteiger partial charge in [0.1, 0.15) is 5.75 Å². The summed E-state index contributed by atoms with van der Waals surface area (Å²) in [5.41, 5.74) is 7.32. The van der Waals surface area contributed by atoms with Crippen molar-refractivity contribution in [1.29, 1.82) is 0 Å². The quantitative estimate of drug-likeness (QED) is 0.890. The molecule has 4 nitrogen and oxygen atoms in total. The highest BCUT2D eigenvalue weighted by Crippen LogP contribution is 2.28. The molecule has 0 spiro atoms. The van der Waals surface area contributed by atoms with Crippen molar-refractivity contribution >= 4 is 5.91 Å². The third-order valence-electron chi connectivity index (χ3n) is 4.43. The Hall–Kier alpha value is -1.55. The maximum absolute atomic E-state index is 12.6. The number of phenolic OH excluding ortho intramolecular Hbond substituents is 1. The molecule has 1 saturated carbocycles. The van der Waals surface area contributed by atoms with Crippen molar-refractivity contribution < 1.29 is 9.90 Å². The fourth-order valence-electron chi connectivity index (χ4n) is 3.20.